The number of carbonyl (C=O) groups excluding carboxylic acids is 1. The van der Waals surface area contributed by atoms with Gasteiger partial charge in [-0.25, -0.2) is 0 Å². The number of fused-ring (bicyclic) bond motifs is 1. The zero-order chi connectivity index (χ0) is 16.4. The van der Waals surface area contributed by atoms with Crippen molar-refractivity contribution in [1.82, 2.24) is 4.90 Å². The molecule has 126 valence electrons. The highest BCUT2D eigenvalue weighted by Crippen LogP contribution is 2.32. The molecule has 4 rings (SSSR count). The predicted octanol–water partition coefficient (Wildman–Crippen LogP) is 2.11. The van der Waals surface area contributed by atoms with E-state index in [9.17, 15) is 4.79 Å². The molecule has 1 fully saturated rings. The van der Waals surface area contributed by atoms with E-state index in [-0.39, 0.29) is 5.91 Å². The monoisotopic (exact) mass is 344 g/mol. The molecule has 0 radical (unpaired) electrons. The van der Waals surface area contributed by atoms with Gasteiger partial charge in [0.1, 0.15) is 0 Å². The van der Waals surface area contributed by atoms with Gasteiger partial charge in [0.05, 0.1) is 37.6 Å². The summed E-state index contributed by atoms with van der Waals surface area (Å²) in [5, 5.41) is 6.13. The van der Waals surface area contributed by atoms with Crippen molar-refractivity contribution in [3.8, 4) is 0 Å². The molecule has 1 aromatic carbocycles. The van der Waals surface area contributed by atoms with Crippen molar-refractivity contribution < 1.29 is 9.53 Å². The Morgan fingerprint density at radius 1 is 1.25 bits per heavy atom. The van der Waals surface area contributed by atoms with E-state index < -0.39 is 0 Å². The molecule has 6 nitrogen and oxygen atoms in total. The molecule has 0 spiro atoms. The highest BCUT2D eigenvalue weighted by atomic mass is 32.2. The van der Waals surface area contributed by atoms with Crippen LogP contribution in [0.25, 0.3) is 0 Å². The van der Waals surface area contributed by atoms with E-state index >= 15 is 0 Å². The lowest BCUT2D eigenvalue weighted by Gasteiger charge is -2.30. The number of nitrogens with one attached hydrogen (secondary N) is 1. The summed E-state index contributed by atoms with van der Waals surface area (Å²) in [6.07, 6.45) is 0.378. The summed E-state index contributed by atoms with van der Waals surface area (Å²) in [6.45, 7) is 4.85. The molecule has 1 saturated heterocycles. The third kappa shape index (κ3) is 3.14. The smallest absolute Gasteiger partial charge is 0.230 e. The number of amidine groups is 1. The number of amides is 1. The number of thioether (sulfide) groups is 1. The van der Waals surface area contributed by atoms with E-state index in [1.54, 1.807) is 11.8 Å². The molecule has 0 saturated carbocycles. The van der Waals surface area contributed by atoms with Crippen LogP contribution in [0.5, 0.6) is 0 Å². The summed E-state index contributed by atoms with van der Waals surface area (Å²) >= 11 is 1.61. The Morgan fingerprint density at radius 3 is 2.96 bits per heavy atom. The fourth-order valence-corrected chi connectivity index (χ4v) is 4.09. The molecule has 0 aromatic heterocycles. The molecular weight excluding hydrogens is 324 g/mol. The number of rotatable bonds is 4. The maximum Gasteiger partial charge on any atom is 0.230 e. The van der Waals surface area contributed by atoms with Crippen LogP contribution in [0.3, 0.4) is 0 Å². The average Bonchev–Trinajstić information content (AvgIpc) is 3.21. The maximum atomic E-state index is 12.5. The molecule has 1 amide bonds. The molecule has 3 heterocycles. The van der Waals surface area contributed by atoms with Gasteiger partial charge in [0.2, 0.25) is 5.91 Å². The van der Waals surface area contributed by atoms with Gasteiger partial charge in [0, 0.05) is 25.3 Å². The van der Waals surface area contributed by atoms with Crippen LogP contribution in [0.15, 0.2) is 40.4 Å². The fourth-order valence-electron chi connectivity index (χ4n) is 3.13. The van der Waals surface area contributed by atoms with E-state index in [0.717, 1.165) is 61.6 Å². The van der Waals surface area contributed by atoms with E-state index in [0.29, 0.717) is 6.42 Å². The third-order valence-electron chi connectivity index (χ3n) is 4.32. The number of carbonyl (C=O) groups is 1. The molecule has 1 aromatic rings. The number of nitrogens with zero attached hydrogens (tertiary/aromatic N) is 3. The Labute approximate surface area is 145 Å². The van der Waals surface area contributed by atoms with Crippen molar-refractivity contribution in [3.05, 3.63) is 35.4 Å². The first-order valence-corrected chi connectivity index (χ1v) is 9.08. The number of ether oxygens (including phenoxy) is 1. The lowest BCUT2D eigenvalue weighted by atomic mass is 10.2. The SMILES string of the molecule is O=C(CC1=CSC2=NCCN12)Nc1ccccc1N1CCOCC1. The lowest BCUT2D eigenvalue weighted by Crippen LogP contribution is -2.36. The van der Waals surface area contributed by atoms with Crippen LogP contribution in [0.4, 0.5) is 11.4 Å². The van der Waals surface area contributed by atoms with E-state index in [2.05, 4.69) is 26.2 Å². The van der Waals surface area contributed by atoms with Gasteiger partial charge >= 0.3 is 0 Å². The second-order valence-electron chi connectivity index (χ2n) is 5.88. The largest absolute Gasteiger partial charge is 0.378 e. The van der Waals surface area contributed by atoms with Gasteiger partial charge in [0.25, 0.3) is 0 Å². The van der Waals surface area contributed by atoms with Gasteiger partial charge in [-0.05, 0) is 17.5 Å². The highest BCUT2D eigenvalue weighted by Gasteiger charge is 2.27. The van der Waals surface area contributed by atoms with Crippen molar-refractivity contribution in [2.24, 2.45) is 4.99 Å². The summed E-state index contributed by atoms with van der Waals surface area (Å²) in [6, 6.07) is 7.97. The molecule has 3 aliphatic heterocycles. The van der Waals surface area contributed by atoms with Crippen LogP contribution >= 0.6 is 11.8 Å². The normalized spacial score (nSPS) is 19.8. The van der Waals surface area contributed by atoms with Crippen molar-refractivity contribution >= 4 is 34.2 Å². The van der Waals surface area contributed by atoms with Crippen LogP contribution in [0.2, 0.25) is 0 Å². The van der Waals surface area contributed by atoms with E-state index in [1.807, 2.05) is 23.6 Å². The minimum absolute atomic E-state index is 0.00992. The molecule has 0 atom stereocenters. The van der Waals surface area contributed by atoms with Crippen LogP contribution in [-0.4, -0.2) is 55.4 Å². The second-order valence-corrected chi connectivity index (χ2v) is 6.72. The first-order chi connectivity index (χ1) is 11.8. The van der Waals surface area contributed by atoms with Gasteiger partial charge in [-0.15, -0.1) is 0 Å². The highest BCUT2D eigenvalue weighted by molar-refractivity contribution is 8.16. The minimum Gasteiger partial charge on any atom is -0.378 e. The summed E-state index contributed by atoms with van der Waals surface area (Å²) in [7, 11) is 0. The molecule has 0 unspecified atom stereocenters. The number of benzene rings is 1. The Bertz CT molecular complexity index is 698. The summed E-state index contributed by atoms with van der Waals surface area (Å²) in [5.74, 6) is 0.00992. The van der Waals surface area contributed by atoms with Crippen molar-refractivity contribution in [2.45, 2.75) is 6.42 Å². The standard InChI is InChI=1S/C17H20N4O2S/c22-16(11-13-12-24-17-18-5-6-21(13)17)19-14-3-1-2-4-15(14)20-7-9-23-10-8-20/h1-4,12H,5-11H2,(H,19,22). The molecule has 1 N–H and O–H groups in total. The van der Waals surface area contributed by atoms with Crippen LogP contribution in [0.1, 0.15) is 6.42 Å². The van der Waals surface area contributed by atoms with Gasteiger partial charge in [-0.2, -0.15) is 0 Å². The molecule has 7 heteroatoms. The topological polar surface area (TPSA) is 57.2 Å². The van der Waals surface area contributed by atoms with Gasteiger partial charge in [-0.1, -0.05) is 23.9 Å². The average molecular weight is 344 g/mol. The first-order valence-electron chi connectivity index (χ1n) is 8.20. The lowest BCUT2D eigenvalue weighted by molar-refractivity contribution is -0.115. The molecular formula is C17H20N4O2S. The van der Waals surface area contributed by atoms with Gasteiger partial charge in [0.15, 0.2) is 5.17 Å². The van der Waals surface area contributed by atoms with Crippen LogP contribution < -0.4 is 10.2 Å². The second kappa shape index (κ2) is 6.86. The third-order valence-corrected chi connectivity index (χ3v) is 5.27. The summed E-state index contributed by atoms with van der Waals surface area (Å²) in [4.78, 5) is 21.3. The Morgan fingerprint density at radius 2 is 2.08 bits per heavy atom. The number of para-hydroxylation sites is 2. The van der Waals surface area contributed by atoms with Crippen molar-refractivity contribution in [1.29, 1.82) is 0 Å². The summed E-state index contributed by atoms with van der Waals surface area (Å²) < 4.78 is 5.42. The zero-order valence-corrected chi connectivity index (χ0v) is 14.2. The number of morpholine rings is 1. The maximum absolute atomic E-state index is 12.5. The number of aliphatic imine (C=N–C) groups is 1. The summed E-state index contributed by atoms with van der Waals surface area (Å²) in [5.41, 5.74) is 2.97. The van der Waals surface area contributed by atoms with Crippen molar-refractivity contribution in [2.75, 3.05) is 49.6 Å². The number of anilines is 2. The van der Waals surface area contributed by atoms with Gasteiger partial charge in [-0.3, -0.25) is 9.79 Å². The van der Waals surface area contributed by atoms with E-state index in [1.165, 1.54) is 0 Å². The van der Waals surface area contributed by atoms with Gasteiger partial charge < -0.3 is 19.9 Å². The van der Waals surface area contributed by atoms with Crippen LogP contribution in [-0.2, 0) is 9.53 Å². The van der Waals surface area contributed by atoms with Crippen LogP contribution in [0, 0.1) is 0 Å². The first kappa shape index (κ1) is 15.5. The number of hydrogen-bond acceptors (Lipinski definition) is 6. The molecule has 0 bridgehead atoms. The number of hydrogen-bond donors (Lipinski definition) is 1. The Kier molecular flexibility index (Phi) is 4.44. The minimum atomic E-state index is 0.00992. The predicted molar refractivity (Wildman–Crippen MR) is 97.4 cm³/mol. The molecule has 3 aliphatic rings. The van der Waals surface area contributed by atoms with Crippen molar-refractivity contribution in [3.63, 3.8) is 0 Å². The molecule has 0 aliphatic carbocycles. The zero-order valence-electron chi connectivity index (χ0n) is 13.4. The Hall–Kier alpha value is -1.99. The fraction of sp³-hybridized carbons (Fsp3) is 0.412. The quantitative estimate of drug-likeness (QED) is 0.907. The van der Waals surface area contributed by atoms with E-state index in [4.69, 9.17) is 4.74 Å². The Balaban J connectivity index is 1.43. The molecule has 24 heavy (non-hydrogen) atoms.